The standard InChI is InChI=1S/C13H8BrCl3N2O2/c14-9-3-7(15)4-10(16)13(9)21-6-12(20)19-8-1-2-11(17)18-5-8/h1-5H,6H2,(H,19,20). The van der Waals surface area contributed by atoms with E-state index in [1.807, 2.05) is 0 Å². The summed E-state index contributed by atoms with van der Waals surface area (Å²) >= 11 is 20.8. The third kappa shape index (κ3) is 4.74. The second kappa shape index (κ2) is 7.31. The molecule has 0 aliphatic rings. The summed E-state index contributed by atoms with van der Waals surface area (Å²) in [6, 6.07) is 6.37. The van der Waals surface area contributed by atoms with Gasteiger partial charge in [0.1, 0.15) is 5.15 Å². The Balaban J connectivity index is 1.97. The van der Waals surface area contributed by atoms with E-state index in [4.69, 9.17) is 39.5 Å². The van der Waals surface area contributed by atoms with Crippen LogP contribution in [0.15, 0.2) is 34.9 Å². The van der Waals surface area contributed by atoms with Crippen LogP contribution in [0.1, 0.15) is 0 Å². The van der Waals surface area contributed by atoms with Crippen molar-refractivity contribution in [1.82, 2.24) is 4.98 Å². The highest BCUT2D eigenvalue weighted by atomic mass is 79.9. The molecule has 110 valence electrons. The Bertz CT molecular complexity index is 642. The molecule has 0 saturated heterocycles. The van der Waals surface area contributed by atoms with Gasteiger partial charge in [-0.25, -0.2) is 4.98 Å². The number of amides is 1. The van der Waals surface area contributed by atoms with Gasteiger partial charge in [-0.2, -0.15) is 0 Å². The van der Waals surface area contributed by atoms with Gasteiger partial charge < -0.3 is 10.1 Å². The first-order chi connectivity index (χ1) is 9.95. The molecule has 0 aliphatic heterocycles. The van der Waals surface area contributed by atoms with Gasteiger partial charge in [-0.3, -0.25) is 4.79 Å². The number of carbonyl (C=O) groups is 1. The van der Waals surface area contributed by atoms with E-state index in [1.165, 1.54) is 12.3 Å². The number of ether oxygens (including phenoxy) is 1. The van der Waals surface area contributed by atoms with Crippen molar-refractivity contribution in [1.29, 1.82) is 0 Å². The van der Waals surface area contributed by atoms with Crippen LogP contribution in [0.5, 0.6) is 5.75 Å². The minimum absolute atomic E-state index is 0.206. The summed E-state index contributed by atoms with van der Waals surface area (Å²) in [7, 11) is 0. The molecular formula is C13H8BrCl3N2O2. The number of anilines is 1. The molecule has 1 heterocycles. The van der Waals surface area contributed by atoms with E-state index >= 15 is 0 Å². The number of nitrogens with zero attached hydrogens (tertiary/aromatic N) is 1. The lowest BCUT2D eigenvalue weighted by Gasteiger charge is -2.10. The van der Waals surface area contributed by atoms with Crippen molar-refractivity contribution in [3.05, 3.63) is 50.1 Å². The number of hydrogen-bond acceptors (Lipinski definition) is 3. The summed E-state index contributed by atoms with van der Waals surface area (Å²) in [6.45, 7) is -0.206. The lowest BCUT2D eigenvalue weighted by molar-refractivity contribution is -0.118. The second-order valence-corrected chi connectivity index (χ2v) is 5.99. The van der Waals surface area contributed by atoms with Gasteiger partial charge in [-0.05, 0) is 40.2 Å². The number of aromatic nitrogens is 1. The van der Waals surface area contributed by atoms with E-state index in [1.54, 1.807) is 18.2 Å². The first kappa shape index (κ1) is 16.4. The Kier molecular flexibility index (Phi) is 5.70. The van der Waals surface area contributed by atoms with Crippen LogP contribution >= 0.6 is 50.7 Å². The third-order valence-electron chi connectivity index (χ3n) is 2.32. The molecule has 21 heavy (non-hydrogen) atoms. The zero-order chi connectivity index (χ0) is 15.4. The zero-order valence-electron chi connectivity index (χ0n) is 10.4. The van der Waals surface area contributed by atoms with Crippen molar-refractivity contribution in [2.45, 2.75) is 0 Å². The molecule has 1 aromatic carbocycles. The molecular weight excluding hydrogens is 402 g/mol. The fourth-order valence-corrected chi connectivity index (χ4v) is 2.93. The van der Waals surface area contributed by atoms with Gasteiger partial charge in [-0.1, -0.05) is 34.8 Å². The molecule has 1 N–H and O–H groups in total. The first-order valence-corrected chi connectivity index (χ1v) is 7.57. The van der Waals surface area contributed by atoms with Crippen LogP contribution in [0.4, 0.5) is 5.69 Å². The summed E-state index contributed by atoms with van der Waals surface area (Å²) in [5, 5.41) is 3.75. The van der Waals surface area contributed by atoms with E-state index < -0.39 is 0 Å². The monoisotopic (exact) mass is 408 g/mol. The number of nitrogens with one attached hydrogen (secondary N) is 1. The Labute approximate surface area is 144 Å². The number of hydrogen-bond donors (Lipinski definition) is 1. The van der Waals surface area contributed by atoms with Gasteiger partial charge in [-0.15, -0.1) is 0 Å². The summed E-state index contributed by atoms with van der Waals surface area (Å²) < 4.78 is 5.95. The Morgan fingerprint density at radius 2 is 2.05 bits per heavy atom. The molecule has 0 saturated carbocycles. The fourth-order valence-electron chi connectivity index (χ4n) is 1.45. The Morgan fingerprint density at radius 1 is 1.29 bits per heavy atom. The maximum atomic E-state index is 11.8. The number of pyridine rings is 1. The molecule has 2 rings (SSSR count). The molecule has 0 bridgehead atoms. The van der Waals surface area contributed by atoms with Gasteiger partial charge >= 0.3 is 0 Å². The maximum absolute atomic E-state index is 11.8. The highest BCUT2D eigenvalue weighted by Crippen LogP contribution is 2.35. The summed E-state index contributed by atoms with van der Waals surface area (Å²) in [5.41, 5.74) is 0.522. The van der Waals surface area contributed by atoms with Crippen LogP contribution < -0.4 is 10.1 Å². The molecule has 1 aromatic heterocycles. The molecule has 0 fully saturated rings. The van der Waals surface area contributed by atoms with Crippen LogP contribution in [-0.4, -0.2) is 17.5 Å². The molecule has 0 aliphatic carbocycles. The van der Waals surface area contributed by atoms with E-state index in [0.717, 1.165) is 0 Å². The molecule has 0 unspecified atom stereocenters. The van der Waals surface area contributed by atoms with Crippen LogP contribution in [0.3, 0.4) is 0 Å². The first-order valence-electron chi connectivity index (χ1n) is 5.64. The fraction of sp³-hybridized carbons (Fsp3) is 0.0769. The summed E-state index contributed by atoms with van der Waals surface area (Å²) in [5.74, 6) is 0.00230. The van der Waals surface area contributed by atoms with Crippen LogP contribution in [-0.2, 0) is 4.79 Å². The quantitative estimate of drug-likeness (QED) is 0.735. The smallest absolute Gasteiger partial charge is 0.262 e. The van der Waals surface area contributed by atoms with E-state index in [0.29, 0.717) is 31.1 Å². The second-order valence-electron chi connectivity index (χ2n) is 3.91. The molecule has 0 spiro atoms. The third-order valence-corrected chi connectivity index (χ3v) is 3.63. The maximum Gasteiger partial charge on any atom is 0.262 e. The van der Waals surface area contributed by atoms with E-state index in [9.17, 15) is 4.79 Å². The number of rotatable bonds is 4. The van der Waals surface area contributed by atoms with Gasteiger partial charge in [0.15, 0.2) is 12.4 Å². The summed E-state index contributed by atoms with van der Waals surface area (Å²) in [4.78, 5) is 15.6. The molecule has 0 atom stereocenters. The lowest BCUT2D eigenvalue weighted by Crippen LogP contribution is -2.20. The van der Waals surface area contributed by atoms with Crippen LogP contribution in [0, 0.1) is 0 Å². The number of benzene rings is 1. The van der Waals surface area contributed by atoms with Gasteiger partial charge in [0.05, 0.1) is 21.4 Å². The zero-order valence-corrected chi connectivity index (χ0v) is 14.2. The van der Waals surface area contributed by atoms with Crippen molar-refractivity contribution in [3.63, 3.8) is 0 Å². The minimum Gasteiger partial charge on any atom is -0.481 e. The molecule has 4 nitrogen and oxygen atoms in total. The van der Waals surface area contributed by atoms with Crippen molar-refractivity contribution < 1.29 is 9.53 Å². The normalized spacial score (nSPS) is 10.3. The SMILES string of the molecule is O=C(COc1c(Cl)cc(Cl)cc1Br)Nc1ccc(Cl)nc1. The van der Waals surface area contributed by atoms with Crippen LogP contribution in [0.2, 0.25) is 15.2 Å². The highest BCUT2D eigenvalue weighted by molar-refractivity contribution is 9.10. The lowest BCUT2D eigenvalue weighted by atomic mass is 10.3. The van der Waals surface area contributed by atoms with Crippen molar-refractivity contribution in [2.75, 3.05) is 11.9 Å². The van der Waals surface area contributed by atoms with E-state index in [-0.39, 0.29) is 12.5 Å². The predicted molar refractivity (Wildman–Crippen MR) is 87.5 cm³/mol. The predicted octanol–water partition coefficient (Wildman–Crippen LogP) is 4.82. The average molecular weight is 410 g/mol. The van der Waals surface area contributed by atoms with Gasteiger partial charge in [0.2, 0.25) is 0 Å². The topological polar surface area (TPSA) is 51.2 Å². The van der Waals surface area contributed by atoms with Crippen molar-refractivity contribution >= 4 is 62.3 Å². The Hall–Kier alpha value is -1.01. The molecule has 2 aromatic rings. The van der Waals surface area contributed by atoms with Gasteiger partial charge in [0.25, 0.3) is 5.91 Å². The summed E-state index contributed by atoms with van der Waals surface area (Å²) in [6.07, 6.45) is 1.45. The van der Waals surface area contributed by atoms with E-state index in [2.05, 4.69) is 26.2 Å². The molecule has 1 amide bonds. The Morgan fingerprint density at radius 3 is 2.67 bits per heavy atom. The average Bonchev–Trinajstić information content (AvgIpc) is 2.40. The number of halogens is 4. The minimum atomic E-state index is -0.350. The highest BCUT2D eigenvalue weighted by Gasteiger charge is 2.11. The van der Waals surface area contributed by atoms with Crippen molar-refractivity contribution in [3.8, 4) is 5.75 Å². The number of carbonyl (C=O) groups excluding carboxylic acids is 1. The van der Waals surface area contributed by atoms with Gasteiger partial charge in [0, 0.05) is 5.02 Å². The molecule has 8 heteroatoms. The molecule has 0 radical (unpaired) electrons. The van der Waals surface area contributed by atoms with Crippen LogP contribution in [0.25, 0.3) is 0 Å². The largest absolute Gasteiger partial charge is 0.481 e. The van der Waals surface area contributed by atoms with Crippen molar-refractivity contribution in [2.24, 2.45) is 0 Å².